The van der Waals surface area contributed by atoms with Gasteiger partial charge in [0.1, 0.15) is 6.79 Å². The van der Waals surface area contributed by atoms with E-state index in [-0.39, 0.29) is 6.79 Å². The van der Waals surface area contributed by atoms with Gasteiger partial charge in [0.2, 0.25) is 7.98 Å². The Morgan fingerprint density at radius 3 is 1.32 bits per heavy atom. The molecule has 3 aliphatic rings. The van der Waals surface area contributed by atoms with Crippen LogP contribution in [0.25, 0.3) is 0 Å². The Bertz CT molecular complexity index is 696. The topological polar surface area (TPSA) is 92.3 Å². The molecule has 222 valence electrons. The van der Waals surface area contributed by atoms with Gasteiger partial charge in [0.15, 0.2) is 32.6 Å². The summed E-state index contributed by atoms with van der Waals surface area (Å²) >= 11 is 0. The van der Waals surface area contributed by atoms with Crippen LogP contribution in [0.4, 0.5) is 0 Å². The molecule has 0 aromatic carbocycles. The van der Waals surface area contributed by atoms with Crippen LogP contribution in [0, 0.1) is 0 Å². The zero-order valence-corrected chi connectivity index (χ0v) is 37.7. The molecule has 0 aromatic rings. The van der Waals surface area contributed by atoms with Gasteiger partial charge in [0, 0.05) is 0 Å². The lowest BCUT2D eigenvalue weighted by Crippen LogP contribution is -2.85. The lowest BCUT2D eigenvalue weighted by atomic mass is 11.6. The summed E-state index contributed by atoms with van der Waals surface area (Å²) in [7, 11) is -11.0. The Kier molecular flexibility index (Phi) is 13.5. The van der Waals surface area contributed by atoms with Gasteiger partial charge in [-0.05, 0) is 91.7 Å². The fourth-order valence-electron chi connectivity index (χ4n) is 3.12. The molecule has 0 spiro atoms. The Labute approximate surface area is 242 Å². The van der Waals surface area contributed by atoms with Crippen molar-refractivity contribution in [3.05, 3.63) is 0 Å². The zero-order chi connectivity index (χ0) is 29.4. The largest absolute Gasteiger partial charge is 0.649 e. The first kappa shape index (κ1) is 37.9. The van der Waals surface area contributed by atoms with Gasteiger partial charge in [-0.1, -0.05) is 0 Å². The van der Waals surface area contributed by atoms with E-state index in [2.05, 4.69) is 105 Å². The zero-order valence-electron chi connectivity index (χ0n) is 25.1. The second kappa shape index (κ2) is 13.2. The maximum atomic E-state index is 6.07. The highest BCUT2D eigenvalue weighted by atomic mass is 31.3. The summed E-state index contributed by atoms with van der Waals surface area (Å²) in [6, 6.07) is 0. The third-order valence-electron chi connectivity index (χ3n) is 3.51. The second-order valence-electron chi connectivity index (χ2n) is 13.0. The lowest BCUT2D eigenvalue weighted by molar-refractivity contribution is -0.0881. The summed E-state index contributed by atoms with van der Waals surface area (Å²) in [6.45, 7) is 29.6. The highest BCUT2D eigenvalue weighted by Gasteiger charge is 2.80. The fourth-order valence-corrected chi connectivity index (χ4v) is 38.0. The molecule has 3 heterocycles. The lowest BCUT2D eigenvalue weighted by Gasteiger charge is -2.55. The fraction of sp³-hybridized carbons (Fsp3) is 1.00. The number of hydrogen-bond acceptors (Lipinski definition) is 10. The molecule has 0 amide bonds. The van der Waals surface area contributed by atoms with Gasteiger partial charge in [0.05, 0.1) is 0 Å². The van der Waals surface area contributed by atoms with Crippen LogP contribution in [0.15, 0.2) is 0 Å². The minimum atomic E-state index is -3.19. The molecular formula is C15H51O10P3Si9. The quantitative estimate of drug-likeness (QED) is 0.158. The van der Waals surface area contributed by atoms with Gasteiger partial charge in [-0.2, -0.15) is 0 Å². The molecule has 0 aromatic heterocycles. The van der Waals surface area contributed by atoms with Gasteiger partial charge in [-0.25, -0.2) is 0 Å². The van der Waals surface area contributed by atoms with Crippen molar-refractivity contribution in [2.45, 2.75) is 91.7 Å². The number of rotatable bonds is 12. The van der Waals surface area contributed by atoms with E-state index in [1.54, 1.807) is 0 Å². The number of fused-ring (bicyclic) bond motifs is 2. The van der Waals surface area contributed by atoms with E-state index in [1.165, 1.54) is 0 Å². The third-order valence-corrected chi connectivity index (χ3v) is 30.6. The van der Waals surface area contributed by atoms with Crippen molar-refractivity contribution in [1.29, 1.82) is 0 Å². The average molecular weight is 737 g/mol. The van der Waals surface area contributed by atoms with Crippen molar-refractivity contribution in [2.24, 2.45) is 0 Å². The van der Waals surface area contributed by atoms with Crippen molar-refractivity contribution in [3.8, 4) is 0 Å². The van der Waals surface area contributed by atoms with E-state index in [0.29, 0.717) is 0 Å². The smallest absolute Gasteiger partial charge is 0.433 e. The summed E-state index contributed by atoms with van der Waals surface area (Å²) < 4.78 is 59.2. The standard InChI is InChI=1S/C9H29O8PSi6.C6H22O2P2Si3/c1-20(2,3)11-9-10-19-12-23(14-21(4,5)6)16-24(13-19,17-23)15-22(7,8)18;1-11(2,7-12(3,4)9)8-13(5,6)10/h19H,9,18H2,1-8H3;9-10H2,1-6H3. The van der Waals surface area contributed by atoms with Crippen LogP contribution in [0.1, 0.15) is 0 Å². The Morgan fingerprint density at radius 2 is 1.00 bits per heavy atom. The summed E-state index contributed by atoms with van der Waals surface area (Å²) in [5.41, 5.74) is 0. The molecule has 4 unspecified atom stereocenters. The average Bonchev–Trinajstić information content (AvgIpc) is 2.43. The summed E-state index contributed by atoms with van der Waals surface area (Å²) in [4.78, 5) is 0. The minimum absolute atomic E-state index is 0.149. The molecule has 3 aliphatic heterocycles. The molecule has 0 N–H and O–H groups in total. The molecular weight excluding hydrogens is 686 g/mol. The van der Waals surface area contributed by atoms with Crippen LogP contribution in [0.5, 0.6) is 0 Å². The molecule has 10 nitrogen and oxygen atoms in total. The van der Waals surface area contributed by atoms with E-state index in [4.69, 9.17) is 41.8 Å². The van der Waals surface area contributed by atoms with Crippen LogP contribution in [0.2, 0.25) is 91.7 Å². The highest BCUT2D eigenvalue weighted by Crippen LogP contribution is 2.43. The Balaban J connectivity index is 0.000000448. The molecule has 2 bridgehead atoms. The van der Waals surface area contributed by atoms with Crippen LogP contribution in [0.3, 0.4) is 0 Å². The van der Waals surface area contributed by atoms with E-state index in [1.807, 2.05) is 13.1 Å². The van der Waals surface area contributed by atoms with Crippen molar-refractivity contribution >= 4 is 103 Å². The van der Waals surface area contributed by atoms with Crippen LogP contribution in [-0.2, 0) is 41.8 Å². The first-order valence-corrected chi connectivity index (χ1v) is 40.7. The van der Waals surface area contributed by atoms with E-state index in [0.717, 1.165) is 0 Å². The van der Waals surface area contributed by atoms with Gasteiger partial charge in [-0.15, -0.1) is 26.4 Å². The van der Waals surface area contributed by atoms with Crippen molar-refractivity contribution < 1.29 is 41.8 Å². The maximum absolute atomic E-state index is 6.07. The second-order valence-corrected chi connectivity index (χ2v) is 56.4. The van der Waals surface area contributed by atoms with Gasteiger partial charge >= 0.3 is 36.2 Å². The molecule has 3 rings (SSSR count). The summed E-state index contributed by atoms with van der Waals surface area (Å²) in [5, 5.41) is 0. The third kappa shape index (κ3) is 16.9. The van der Waals surface area contributed by atoms with E-state index < -0.39 is 76.8 Å². The summed E-state index contributed by atoms with van der Waals surface area (Å²) in [5.74, 6) is 0. The first-order chi connectivity index (χ1) is 16.0. The van der Waals surface area contributed by atoms with Gasteiger partial charge in [0.25, 0.3) is 0 Å². The van der Waals surface area contributed by atoms with Crippen LogP contribution < -0.4 is 0 Å². The first-order valence-electron chi connectivity index (χ1n) is 12.2. The molecule has 0 aliphatic carbocycles. The normalized spacial score (nSPS) is 27.3. The van der Waals surface area contributed by atoms with Crippen molar-refractivity contribution in [3.63, 3.8) is 0 Å². The SMILES string of the molecule is C[Si](C)(C)OCO[SiH]1O[Si]2(O[Si](C)(C)C)O[Si](O[Si](C)(C)P)(O1)O2.C[Si](C)(P)O[Si](C)(C)O[Si](C)(C)P. The van der Waals surface area contributed by atoms with Gasteiger partial charge < -0.3 is 41.8 Å². The monoisotopic (exact) mass is 736 g/mol. The molecule has 0 radical (unpaired) electrons. The minimum Gasteiger partial charge on any atom is -0.433 e. The van der Waals surface area contributed by atoms with Crippen molar-refractivity contribution in [2.75, 3.05) is 6.79 Å². The number of hydrogen-bond donors (Lipinski definition) is 0. The van der Waals surface area contributed by atoms with Crippen LogP contribution >= 0.6 is 26.4 Å². The van der Waals surface area contributed by atoms with E-state index >= 15 is 0 Å². The summed E-state index contributed by atoms with van der Waals surface area (Å²) in [6.07, 6.45) is 0. The Hall–Kier alpha value is 2.84. The van der Waals surface area contributed by atoms with Gasteiger partial charge in [-0.3, -0.25) is 0 Å². The molecule has 0 saturated carbocycles. The Morgan fingerprint density at radius 1 is 0.595 bits per heavy atom. The predicted molar refractivity (Wildman–Crippen MR) is 180 cm³/mol. The molecule has 3 fully saturated rings. The highest BCUT2D eigenvalue weighted by molar-refractivity contribution is 7.68. The van der Waals surface area contributed by atoms with Crippen LogP contribution in [-0.4, -0.2) is 83.6 Å². The molecule has 4 atom stereocenters. The molecule has 3 saturated heterocycles. The molecule has 22 heteroatoms. The predicted octanol–water partition coefficient (Wildman–Crippen LogP) is 4.81. The molecule has 37 heavy (non-hydrogen) atoms. The van der Waals surface area contributed by atoms with Crippen molar-refractivity contribution in [1.82, 2.24) is 0 Å². The van der Waals surface area contributed by atoms with E-state index in [9.17, 15) is 0 Å². The maximum Gasteiger partial charge on any atom is 0.649 e.